The predicted molar refractivity (Wildman–Crippen MR) is 53.9 cm³/mol. The predicted octanol–water partition coefficient (Wildman–Crippen LogP) is 1.92. The Kier molecular flexibility index (Phi) is 4.14. The standard InChI is InChI=1S/C11H18O3/c1-4-11(12)14-9(3)6-10-5-8(2)13-7-10/h4,8-10H,1,5-7H2,2-3H3. The SMILES string of the molecule is C=CC(=O)OC(C)CC1COC(C)C1. The summed E-state index contributed by atoms with van der Waals surface area (Å²) in [6, 6.07) is 0. The van der Waals surface area contributed by atoms with Crippen molar-refractivity contribution in [3.8, 4) is 0 Å². The van der Waals surface area contributed by atoms with Gasteiger partial charge in [0.15, 0.2) is 0 Å². The molecule has 1 fully saturated rings. The minimum atomic E-state index is -0.343. The summed E-state index contributed by atoms with van der Waals surface area (Å²) >= 11 is 0. The Morgan fingerprint density at radius 2 is 2.50 bits per heavy atom. The second kappa shape index (κ2) is 5.15. The van der Waals surface area contributed by atoms with Gasteiger partial charge in [0.25, 0.3) is 0 Å². The summed E-state index contributed by atoms with van der Waals surface area (Å²) in [4.78, 5) is 10.9. The maximum Gasteiger partial charge on any atom is 0.330 e. The Morgan fingerprint density at radius 1 is 1.79 bits per heavy atom. The molecule has 14 heavy (non-hydrogen) atoms. The van der Waals surface area contributed by atoms with Gasteiger partial charge in [0.05, 0.1) is 12.2 Å². The van der Waals surface area contributed by atoms with Gasteiger partial charge >= 0.3 is 5.97 Å². The van der Waals surface area contributed by atoms with Gasteiger partial charge in [-0.25, -0.2) is 4.79 Å². The van der Waals surface area contributed by atoms with Crippen molar-refractivity contribution in [3.63, 3.8) is 0 Å². The number of hydrogen-bond acceptors (Lipinski definition) is 3. The number of carbonyl (C=O) groups excluding carboxylic acids is 1. The molecule has 80 valence electrons. The molecule has 1 heterocycles. The number of rotatable bonds is 4. The zero-order chi connectivity index (χ0) is 10.6. The van der Waals surface area contributed by atoms with E-state index in [4.69, 9.17) is 9.47 Å². The van der Waals surface area contributed by atoms with E-state index < -0.39 is 0 Å². The molecule has 3 atom stereocenters. The van der Waals surface area contributed by atoms with E-state index in [1.807, 2.05) is 6.92 Å². The van der Waals surface area contributed by atoms with Gasteiger partial charge in [0.2, 0.25) is 0 Å². The van der Waals surface area contributed by atoms with Gasteiger partial charge in [-0.15, -0.1) is 0 Å². The van der Waals surface area contributed by atoms with Gasteiger partial charge in [-0.1, -0.05) is 6.58 Å². The number of esters is 1. The van der Waals surface area contributed by atoms with E-state index in [0.717, 1.165) is 19.4 Å². The van der Waals surface area contributed by atoms with Crippen LogP contribution >= 0.6 is 0 Å². The Bertz CT molecular complexity index is 213. The van der Waals surface area contributed by atoms with Crippen LogP contribution in [0.4, 0.5) is 0 Å². The van der Waals surface area contributed by atoms with Gasteiger partial charge in [0, 0.05) is 12.7 Å². The summed E-state index contributed by atoms with van der Waals surface area (Å²) in [5.74, 6) is 0.182. The van der Waals surface area contributed by atoms with Crippen LogP contribution < -0.4 is 0 Å². The highest BCUT2D eigenvalue weighted by Gasteiger charge is 2.24. The van der Waals surface area contributed by atoms with Crippen LogP contribution in [0.25, 0.3) is 0 Å². The van der Waals surface area contributed by atoms with Crippen LogP contribution in [0.1, 0.15) is 26.7 Å². The Hall–Kier alpha value is -0.830. The molecule has 0 aromatic carbocycles. The maximum absolute atomic E-state index is 10.9. The van der Waals surface area contributed by atoms with Gasteiger partial charge in [-0.05, 0) is 32.6 Å². The molecule has 0 saturated carbocycles. The zero-order valence-electron chi connectivity index (χ0n) is 8.86. The monoisotopic (exact) mass is 198 g/mol. The van der Waals surface area contributed by atoms with Crippen molar-refractivity contribution in [1.82, 2.24) is 0 Å². The van der Waals surface area contributed by atoms with Crippen molar-refractivity contribution in [2.45, 2.75) is 38.9 Å². The van der Waals surface area contributed by atoms with Crippen LogP contribution in [0.5, 0.6) is 0 Å². The first-order chi connectivity index (χ1) is 6.61. The summed E-state index contributed by atoms with van der Waals surface area (Å²) in [6.45, 7) is 8.12. The molecule has 3 unspecified atom stereocenters. The van der Waals surface area contributed by atoms with Crippen LogP contribution in [0.2, 0.25) is 0 Å². The highest BCUT2D eigenvalue weighted by molar-refractivity contribution is 5.81. The van der Waals surface area contributed by atoms with Gasteiger partial charge in [0.1, 0.15) is 0 Å². The summed E-state index contributed by atoms with van der Waals surface area (Å²) in [7, 11) is 0. The molecule has 0 radical (unpaired) electrons. The van der Waals surface area contributed by atoms with E-state index in [2.05, 4.69) is 13.5 Å². The first-order valence-electron chi connectivity index (χ1n) is 5.06. The van der Waals surface area contributed by atoms with Crippen molar-refractivity contribution in [3.05, 3.63) is 12.7 Å². The molecular formula is C11H18O3. The molecule has 1 rings (SSSR count). The van der Waals surface area contributed by atoms with E-state index in [9.17, 15) is 4.79 Å². The zero-order valence-corrected chi connectivity index (χ0v) is 8.86. The molecule has 1 saturated heterocycles. The quantitative estimate of drug-likeness (QED) is 0.511. The second-order valence-electron chi connectivity index (χ2n) is 3.93. The molecule has 0 aromatic rings. The molecule has 0 aliphatic carbocycles. The van der Waals surface area contributed by atoms with Crippen LogP contribution in [0.15, 0.2) is 12.7 Å². The highest BCUT2D eigenvalue weighted by Crippen LogP contribution is 2.24. The topological polar surface area (TPSA) is 35.5 Å². The van der Waals surface area contributed by atoms with Crippen LogP contribution in [0, 0.1) is 5.92 Å². The Balaban J connectivity index is 2.23. The smallest absolute Gasteiger partial charge is 0.330 e. The molecular weight excluding hydrogens is 180 g/mol. The Labute approximate surface area is 85.1 Å². The van der Waals surface area contributed by atoms with Crippen molar-refractivity contribution in [2.75, 3.05) is 6.61 Å². The summed E-state index contributed by atoms with van der Waals surface area (Å²) in [6.07, 6.45) is 3.45. The Morgan fingerprint density at radius 3 is 3.00 bits per heavy atom. The van der Waals surface area contributed by atoms with E-state index in [1.54, 1.807) is 0 Å². The lowest BCUT2D eigenvalue weighted by Crippen LogP contribution is -2.17. The average molecular weight is 198 g/mol. The molecule has 1 aliphatic rings. The number of hydrogen-bond donors (Lipinski definition) is 0. The summed E-state index contributed by atoms with van der Waals surface area (Å²) in [5, 5.41) is 0. The third-order valence-electron chi connectivity index (χ3n) is 2.43. The third kappa shape index (κ3) is 3.50. The van der Waals surface area contributed by atoms with Gasteiger partial charge in [-0.3, -0.25) is 0 Å². The normalized spacial score (nSPS) is 28.4. The number of ether oxygens (including phenoxy) is 2. The summed E-state index contributed by atoms with van der Waals surface area (Å²) < 4.78 is 10.5. The lowest BCUT2D eigenvalue weighted by molar-refractivity contribution is -0.142. The molecule has 0 N–H and O–H groups in total. The largest absolute Gasteiger partial charge is 0.460 e. The molecule has 1 aliphatic heterocycles. The fraction of sp³-hybridized carbons (Fsp3) is 0.727. The van der Waals surface area contributed by atoms with E-state index in [0.29, 0.717) is 12.0 Å². The van der Waals surface area contributed by atoms with E-state index in [-0.39, 0.29) is 12.1 Å². The molecule has 0 spiro atoms. The first-order valence-corrected chi connectivity index (χ1v) is 5.06. The average Bonchev–Trinajstić information content (AvgIpc) is 2.50. The van der Waals surface area contributed by atoms with Crippen LogP contribution in [0.3, 0.4) is 0 Å². The molecule has 0 amide bonds. The molecule has 3 heteroatoms. The van der Waals surface area contributed by atoms with Crippen molar-refractivity contribution in [1.29, 1.82) is 0 Å². The number of carbonyl (C=O) groups is 1. The highest BCUT2D eigenvalue weighted by atomic mass is 16.5. The molecule has 0 aromatic heterocycles. The lowest BCUT2D eigenvalue weighted by atomic mass is 9.99. The van der Waals surface area contributed by atoms with Gasteiger partial charge in [-0.2, -0.15) is 0 Å². The third-order valence-corrected chi connectivity index (χ3v) is 2.43. The first kappa shape index (κ1) is 11.2. The molecule has 3 nitrogen and oxygen atoms in total. The van der Waals surface area contributed by atoms with Crippen molar-refractivity contribution in [2.24, 2.45) is 5.92 Å². The fourth-order valence-electron chi connectivity index (χ4n) is 1.83. The van der Waals surface area contributed by atoms with Crippen LogP contribution in [-0.2, 0) is 14.3 Å². The van der Waals surface area contributed by atoms with Crippen LogP contribution in [-0.4, -0.2) is 24.8 Å². The summed E-state index contributed by atoms with van der Waals surface area (Å²) in [5.41, 5.74) is 0. The minimum Gasteiger partial charge on any atom is -0.460 e. The lowest BCUT2D eigenvalue weighted by Gasteiger charge is -2.15. The molecule has 0 bridgehead atoms. The van der Waals surface area contributed by atoms with E-state index in [1.165, 1.54) is 6.08 Å². The minimum absolute atomic E-state index is 0.0422. The fourth-order valence-corrected chi connectivity index (χ4v) is 1.83. The van der Waals surface area contributed by atoms with Crippen molar-refractivity contribution >= 4 is 5.97 Å². The second-order valence-corrected chi connectivity index (χ2v) is 3.93. The van der Waals surface area contributed by atoms with Crippen molar-refractivity contribution < 1.29 is 14.3 Å². The van der Waals surface area contributed by atoms with Gasteiger partial charge < -0.3 is 9.47 Å². The maximum atomic E-state index is 10.9. The van der Waals surface area contributed by atoms with E-state index >= 15 is 0 Å².